The van der Waals surface area contributed by atoms with Crippen LogP contribution < -0.4 is 5.32 Å². The van der Waals surface area contributed by atoms with Gasteiger partial charge in [0.15, 0.2) is 12.4 Å². The molecule has 8 atom stereocenters. The second-order valence-corrected chi connectivity index (χ2v) is 20.7. The molecular formula is C65H111NO10. The Hall–Kier alpha value is -3.42. The number of hydrogen-bond acceptors (Lipinski definition) is 10. The minimum absolute atomic E-state index is 0.0891. The van der Waals surface area contributed by atoms with Gasteiger partial charge in [-0.3, -0.25) is 9.59 Å². The first kappa shape index (κ1) is 70.6. The normalized spacial score (nSPS) is 19.8. The first-order chi connectivity index (χ1) is 37.2. The molecule has 1 rings (SSSR count). The van der Waals surface area contributed by atoms with Gasteiger partial charge < -0.3 is 45.1 Å². The quantitative estimate of drug-likeness (QED) is 0.0195. The fourth-order valence-electron chi connectivity index (χ4n) is 8.82. The Morgan fingerprint density at radius 1 is 0.513 bits per heavy atom. The number of esters is 1. The van der Waals surface area contributed by atoms with E-state index in [1.54, 1.807) is 6.08 Å². The number of hydrogen-bond donors (Lipinski definition) is 6. The average Bonchev–Trinajstić information content (AvgIpc) is 3.42. The second kappa shape index (κ2) is 52.3. The summed E-state index contributed by atoms with van der Waals surface area (Å²) in [7, 11) is 0. The maximum atomic E-state index is 13.4. The third kappa shape index (κ3) is 39.9. The Kier molecular flexibility index (Phi) is 48.6. The maximum absolute atomic E-state index is 13.4. The van der Waals surface area contributed by atoms with Gasteiger partial charge in [0.25, 0.3) is 0 Å². The van der Waals surface area contributed by atoms with E-state index in [0.29, 0.717) is 12.8 Å². The van der Waals surface area contributed by atoms with Crippen LogP contribution in [0.4, 0.5) is 0 Å². The number of carbonyl (C=O) groups excluding carboxylic acids is 2. The summed E-state index contributed by atoms with van der Waals surface area (Å²) in [6, 6.07) is -1.05. The van der Waals surface area contributed by atoms with Crippen LogP contribution in [0.25, 0.3) is 0 Å². The van der Waals surface area contributed by atoms with Gasteiger partial charge in [-0.25, -0.2) is 0 Å². The summed E-state index contributed by atoms with van der Waals surface area (Å²) in [5.41, 5.74) is 0. The standard InChI is InChI=1S/C65H111NO10/c1-4-7-10-13-16-19-22-25-27-29-31-32-34-37-40-43-46-49-52-58(69)64(73)66-56(57(68)51-48-45-42-39-36-24-21-18-15-12-9-6-3)55-74-65-63(62(72)61(71)59(54-67)75-65)76-60(70)53-50-47-44-41-38-35-33-30-28-26-23-20-17-14-11-8-5-2/h16-17,19-20,25-28,31-33,35,37,40,48,51,56-59,61-63,65,67-69,71-72H,4-15,18,21-24,29-30,34,36,38-39,41-47,49-50,52-55H2,1-3H3,(H,66,73)/b19-16-,20-17-,27-25-,28-26-,32-31-,35-33-,40-37-,51-48+. The zero-order chi connectivity index (χ0) is 55.4. The number of unbranched alkanes of at least 4 members (excludes halogenated alkanes) is 22. The zero-order valence-electron chi connectivity index (χ0n) is 48.1. The van der Waals surface area contributed by atoms with E-state index in [4.69, 9.17) is 14.2 Å². The van der Waals surface area contributed by atoms with Gasteiger partial charge in [-0.15, -0.1) is 0 Å². The number of ether oxygens (including phenoxy) is 3. The molecule has 6 N–H and O–H groups in total. The molecule has 436 valence electrons. The Bertz CT molecular complexity index is 1600. The Morgan fingerprint density at radius 3 is 1.38 bits per heavy atom. The molecule has 11 nitrogen and oxygen atoms in total. The van der Waals surface area contributed by atoms with Crippen molar-refractivity contribution in [2.75, 3.05) is 13.2 Å². The molecule has 1 heterocycles. The molecular weight excluding hydrogens is 955 g/mol. The Morgan fingerprint density at radius 2 is 0.908 bits per heavy atom. The lowest BCUT2D eigenvalue weighted by atomic mass is 9.99. The molecule has 0 aromatic rings. The first-order valence-electron chi connectivity index (χ1n) is 30.5. The van der Waals surface area contributed by atoms with Crippen LogP contribution in [0.3, 0.4) is 0 Å². The number of allylic oxidation sites excluding steroid dienone is 15. The summed E-state index contributed by atoms with van der Waals surface area (Å²) in [5, 5.41) is 56.9. The molecule has 8 unspecified atom stereocenters. The highest BCUT2D eigenvalue weighted by atomic mass is 16.7. The highest BCUT2D eigenvalue weighted by Gasteiger charge is 2.47. The van der Waals surface area contributed by atoms with Gasteiger partial charge >= 0.3 is 5.97 Å². The molecule has 11 heteroatoms. The summed E-state index contributed by atoms with van der Waals surface area (Å²) in [5.74, 6) is -1.26. The van der Waals surface area contributed by atoms with Gasteiger partial charge in [-0.05, 0) is 109 Å². The van der Waals surface area contributed by atoms with E-state index in [9.17, 15) is 35.1 Å². The van der Waals surface area contributed by atoms with E-state index >= 15 is 0 Å². The monoisotopic (exact) mass is 1070 g/mol. The molecule has 1 aliphatic rings. The highest BCUT2D eigenvalue weighted by molar-refractivity contribution is 5.80. The fourth-order valence-corrected chi connectivity index (χ4v) is 8.82. The minimum atomic E-state index is -1.63. The van der Waals surface area contributed by atoms with Crippen molar-refractivity contribution in [3.05, 3.63) is 97.2 Å². The molecule has 1 saturated heterocycles. The molecule has 1 fully saturated rings. The van der Waals surface area contributed by atoms with E-state index in [1.807, 2.05) is 6.08 Å². The number of carbonyl (C=O) groups is 2. The van der Waals surface area contributed by atoms with Gasteiger partial charge in [-0.1, -0.05) is 221 Å². The molecule has 76 heavy (non-hydrogen) atoms. The molecule has 0 saturated carbocycles. The van der Waals surface area contributed by atoms with Crippen LogP contribution in [0.5, 0.6) is 0 Å². The molecule has 0 spiro atoms. The van der Waals surface area contributed by atoms with Crippen LogP contribution in [-0.2, 0) is 23.8 Å². The van der Waals surface area contributed by atoms with Gasteiger partial charge in [0.2, 0.25) is 5.91 Å². The summed E-state index contributed by atoms with van der Waals surface area (Å²) >= 11 is 0. The van der Waals surface area contributed by atoms with Crippen molar-refractivity contribution in [1.29, 1.82) is 0 Å². The number of nitrogens with one attached hydrogen (secondary N) is 1. The van der Waals surface area contributed by atoms with Crippen LogP contribution in [0, 0.1) is 0 Å². The molecule has 0 aromatic carbocycles. The topological polar surface area (TPSA) is 175 Å². The van der Waals surface area contributed by atoms with Crippen LogP contribution in [0.15, 0.2) is 97.2 Å². The van der Waals surface area contributed by atoms with E-state index in [-0.39, 0.29) is 19.4 Å². The number of amides is 1. The number of aliphatic hydroxyl groups excluding tert-OH is 5. The molecule has 1 amide bonds. The lowest BCUT2D eigenvalue weighted by Crippen LogP contribution is -2.61. The average molecular weight is 1070 g/mol. The van der Waals surface area contributed by atoms with Crippen molar-refractivity contribution >= 4 is 11.9 Å². The molecule has 1 aliphatic heterocycles. The van der Waals surface area contributed by atoms with E-state index in [1.165, 1.54) is 83.5 Å². The summed E-state index contributed by atoms with van der Waals surface area (Å²) in [6.45, 7) is 5.68. The van der Waals surface area contributed by atoms with Crippen LogP contribution in [0.2, 0.25) is 0 Å². The van der Waals surface area contributed by atoms with Gasteiger partial charge in [0.1, 0.15) is 24.4 Å². The second-order valence-electron chi connectivity index (χ2n) is 20.7. The van der Waals surface area contributed by atoms with Crippen molar-refractivity contribution in [1.82, 2.24) is 5.32 Å². The van der Waals surface area contributed by atoms with Gasteiger partial charge in [0.05, 0.1) is 25.4 Å². The third-order valence-electron chi connectivity index (χ3n) is 13.7. The lowest BCUT2D eigenvalue weighted by molar-refractivity contribution is -0.305. The zero-order valence-corrected chi connectivity index (χ0v) is 48.1. The predicted octanol–water partition coefficient (Wildman–Crippen LogP) is 14.3. The molecule has 0 aromatic heterocycles. The smallest absolute Gasteiger partial charge is 0.306 e. The Balaban J connectivity index is 2.75. The molecule has 0 aliphatic carbocycles. The first-order valence-corrected chi connectivity index (χ1v) is 30.5. The highest BCUT2D eigenvalue weighted by Crippen LogP contribution is 2.26. The van der Waals surface area contributed by atoms with E-state index in [2.05, 4.69) is 111 Å². The lowest BCUT2D eigenvalue weighted by Gasteiger charge is -2.41. The maximum Gasteiger partial charge on any atom is 0.306 e. The van der Waals surface area contributed by atoms with Crippen molar-refractivity contribution in [3.8, 4) is 0 Å². The van der Waals surface area contributed by atoms with Crippen LogP contribution >= 0.6 is 0 Å². The van der Waals surface area contributed by atoms with Crippen molar-refractivity contribution in [3.63, 3.8) is 0 Å². The number of rotatable bonds is 50. The largest absolute Gasteiger partial charge is 0.454 e. The van der Waals surface area contributed by atoms with Crippen molar-refractivity contribution in [2.24, 2.45) is 0 Å². The molecule has 0 bridgehead atoms. The SMILES string of the molecule is CCCCC/C=C\C/C=C\C/C=C\C/C=C\CCCCC(O)C(=O)NC(COC1OC(CO)C(O)C(O)C1OC(=O)CCCCCC/C=C\C/C=C\C/C=C\CCCCC)C(O)/C=C/CCCCCCCCCCCC. The van der Waals surface area contributed by atoms with E-state index in [0.717, 1.165) is 109 Å². The van der Waals surface area contributed by atoms with Crippen molar-refractivity contribution in [2.45, 2.75) is 288 Å². The van der Waals surface area contributed by atoms with E-state index < -0.39 is 67.4 Å². The third-order valence-corrected chi connectivity index (χ3v) is 13.7. The van der Waals surface area contributed by atoms with Crippen LogP contribution in [0.1, 0.15) is 239 Å². The van der Waals surface area contributed by atoms with Gasteiger partial charge in [0, 0.05) is 6.42 Å². The fraction of sp³-hybridized carbons (Fsp3) is 0.723. The van der Waals surface area contributed by atoms with Crippen LogP contribution in [-0.4, -0.2) is 99.6 Å². The summed E-state index contributed by atoms with van der Waals surface area (Å²) < 4.78 is 17.6. The summed E-state index contributed by atoms with van der Waals surface area (Å²) in [4.78, 5) is 26.5. The summed E-state index contributed by atoms with van der Waals surface area (Å²) in [6.07, 6.45) is 58.7. The number of aliphatic hydroxyl groups is 5. The van der Waals surface area contributed by atoms with Crippen molar-refractivity contribution < 1.29 is 49.3 Å². The Labute approximate surface area is 463 Å². The molecule has 0 radical (unpaired) electrons. The van der Waals surface area contributed by atoms with Gasteiger partial charge in [-0.2, -0.15) is 0 Å². The predicted molar refractivity (Wildman–Crippen MR) is 315 cm³/mol. The minimum Gasteiger partial charge on any atom is -0.454 e.